The van der Waals surface area contributed by atoms with Crippen LogP contribution in [0.4, 0.5) is 24.5 Å². The number of nitrogens with one attached hydrogen (secondary N) is 3. The number of alkyl halides is 3. The van der Waals surface area contributed by atoms with Crippen molar-refractivity contribution >= 4 is 23.2 Å². The number of aryl methyl sites for hydroxylation is 2. The predicted molar refractivity (Wildman–Crippen MR) is 140 cm³/mol. The minimum absolute atomic E-state index is 0.0324. The molecule has 3 N–H and O–H groups in total. The molecule has 4 rings (SSSR count). The first-order valence-corrected chi connectivity index (χ1v) is 11.7. The topological polar surface area (TPSA) is 88.0 Å². The zero-order valence-electron chi connectivity index (χ0n) is 21.0. The largest absolute Gasteiger partial charge is 0.416 e. The van der Waals surface area contributed by atoms with E-state index in [0.717, 1.165) is 28.8 Å². The smallest absolute Gasteiger partial charge is 0.381 e. The van der Waals surface area contributed by atoms with Gasteiger partial charge in [0, 0.05) is 54.8 Å². The summed E-state index contributed by atoms with van der Waals surface area (Å²) in [4.78, 5) is 28.9. The van der Waals surface area contributed by atoms with Crippen LogP contribution in [0.5, 0.6) is 0 Å². The van der Waals surface area contributed by atoms with Crippen LogP contribution in [0.2, 0.25) is 0 Å². The molecule has 0 unspecified atom stereocenters. The highest BCUT2D eigenvalue weighted by Gasteiger charge is 2.31. The molecule has 196 valence electrons. The zero-order valence-corrected chi connectivity index (χ0v) is 21.0. The molecule has 0 saturated heterocycles. The number of carbonyl (C=O) groups is 2. The van der Waals surface area contributed by atoms with Crippen LogP contribution in [0.3, 0.4) is 0 Å². The molecule has 2 heterocycles. The third-order valence-electron chi connectivity index (χ3n) is 5.96. The van der Waals surface area contributed by atoms with Gasteiger partial charge in [-0.25, -0.2) is 0 Å². The molecule has 7 nitrogen and oxygen atoms in total. The van der Waals surface area contributed by atoms with Crippen molar-refractivity contribution in [1.82, 2.24) is 14.9 Å². The van der Waals surface area contributed by atoms with Gasteiger partial charge in [-0.15, -0.1) is 0 Å². The predicted octanol–water partition coefficient (Wildman–Crippen LogP) is 5.73. The number of hydrogen-bond acceptors (Lipinski definition) is 4. The third-order valence-corrected chi connectivity index (χ3v) is 5.96. The Morgan fingerprint density at radius 3 is 2.42 bits per heavy atom. The van der Waals surface area contributed by atoms with Crippen molar-refractivity contribution in [3.8, 4) is 5.69 Å². The van der Waals surface area contributed by atoms with Crippen molar-refractivity contribution < 1.29 is 22.8 Å². The van der Waals surface area contributed by atoms with Crippen molar-refractivity contribution in [3.05, 3.63) is 107 Å². The lowest BCUT2D eigenvalue weighted by Crippen LogP contribution is -2.19. The van der Waals surface area contributed by atoms with E-state index in [2.05, 4.69) is 20.9 Å². The molecule has 0 spiro atoms. The van der Waals surface area contributed by atoms with Crippen LogP contribution in [-0.2, 0) is 12.7 Å². The van der Waals surface area contributed by atoms with Gasteiger partial charge >= 0.3 is 6.18 Å². The lowest BCUT2D eigenvalue weighted by Gasteiger charge is -2.15. The van der Waals surface area contributed by atoms with Gasteiger partial charge in [-0.2, -0.15) is 13.2 Å². The van der Waals surface area contributed by atoms with Crippen molar-refractivity contribution in [2.24, 2.45) is 0 Å². The van der Waals surface area contributed by atoms with Crippen LogP contribution >= 0.6 is 0 Å². The van der Waals surface area contributed by atoms with Crippen LogP contribution in [0.15, 0.2) is 73.2 Å². The maximum Gasteiger partial charge on any atom is 0.416 e. The zero-order chi connectivity index (χ0) is 27.4. The molecule has 0 radical (unpaired) electrons. The van der Waals surface area contributed by atoms with Gasteiger partial charge in [0.25, 0.3) is 11.8 Å². The molecule has 0 aliphatic carbocycles. The Kier molecular flexibility index (Phi) is 7.52. The highest BCUT2D eigenvalue weighted by atomic mass is 19.4. The van der Waals surface area contributed by atoms with Crippen LogP contribution in [0.25, 0.3) is 5.69 Å². The SMILES string of the molecule is CNC(=O)c1cc(NCc2cc(C(=O)Nc3cc(-n4ccc(C)c4)cc(C(F)(F)F)c3)ccc2C)ccn1. The van der Waals surface area contributed by atoms with E-state index >= 15 is 0 Å². The molecule has 4 aromatic rings. The van der Waals surface area contributed by atoms with E-state index in [1.54, 1.807) is 53.4 Å². The van der Waals surface area contributed by atoms with Crippen LogP contribution in [0, 0.1) is 13.8 Å². The van der Waals surface area contributed by atoms with Gasteiger partial charge in [-0.3, -0.25) is 14.6 Å². The summed E-state index contributed by atoms with van der Waals surface area (Å²) in [5, 5.41) is 8.34. The Balaban J connectivity index is 1.55. The van der Waals surface area contributed by atoms with Gasteiger partial charge in [0.15, 0.2) is 0 Å². The van der Waals surface area contributed by atoms with E-state index in [-0.39, 0.29) is 23.0 Å². The van der Waals surface area contributed by atoms with Gasteiger partial charge in [0.2, 0.25) is 0 Å². The average molecular weight is 522 g/mol. The number of anilines is 2. The summed E-state index contributed by atoms with van der Waals surface area (Å²) in [6, 6.07) is 13.6. The molecule has 0 aliphatic heterocycles. The fourth-order valence-electron chi connectivity index (χ4n) is 3.86. The fourth-order valence-corrected chi connectivity index (χ4v) is 3.86. The van der Waals surface area contributed by atoms with E-state index in [1.165, 1.54) is 19.3 Å². The average Bonchev–Trinajstić information content (AvgIpc) is 3.33. The second kappa shape index (κ2) is 10.8. The van der Waals surface area contributed by atoms with Crippen molar-refractivity contribution in [3.63, 3.8) is 0 Å². The van der Waals surface area contributed by atoms with E-state index in [1.807, 2.05) is 13.8 Å². The Morgan fingerprint density at radius 1 is 0.947 bits per heavy atom. The highest BCUT2D eigenvalue weighted by Crippen LogP contribution is 2.33. The lowest BCUT2D eigenvalue weighted by atomic mass is 10.0. The molecular weight excluding hydrogens is 495 g/mol. The Bertz CT molecular complexity index is 1490. The number of benzene rings is 2. The monoisotopic (exact) mass is 521 g/mol. The summed E-state index contributed by atoms with van der Waals surface area (Å²) >= 11 is 0. The number of pyridine rings is 1. The summed E-state index contributed by atoms with van der Waals surface area (Å²) in [6.07, 6.45) is 0.309. The molecule has 0 fully saturated rings. The first kappa shape index (κ1) is 26.5. The molecule has 0 atom stereocenters. The normalized spacial score (nSPS) is 11.2. The van der Waals surface area contributed by atoms with Gasteiger partial charge in [-0.1, -0.05) is 6.07 Å². The minimum atomic E-state index is -4.58. The second-order valence-corrected chi connectivity index (χ2v) is 8.82. The first-order chi connectivity index (χ1) is 18.0. The third kappa shape index (κ3) is 6.20. The quantitative estimate of drug-likeness (QED) is 0.290. The van der Waals surface area contributed by atoms with Crippen molar-refractivity contribution in [2.75, 3.05) is 17.7 Å². The van der Waals surface area contributed by atoms with Crippen molar-refractivity contribution in [1.29, 1.82) is 0 Å². The lowest BCUT2D eigenvalue weighted by molar-refractivity contribution is -0.137. The molecule has 0 bridgehead atoms. The van der Waals surface area contributed by atoms with Gasteiger partial charge in [-0.05, 0) is 79.1 Å². The molecule has 10 heteroatoms. The van der Waals surface area contributed by atoms with Gasteiger partial charge in [0.05, 0.1) is 5.56 Å². The van der Waals surface area contributed by atoms with Gasteiger partial charge in [0.1, 0.15) is 5.69 Å². The Morgan fingerprint density at radius 2 is 1.74 bits per heavy atom. The standard InChI is InChI=1S/C28H26F3N5O2/c1-17-7-9-36(16-17)24-12-21(28(29,30)31)11-23(13-24)35-26(37)19-5-4-18(2)20(10-19)15-34-22-6-8-33-25(14-22)27(38)32-3/h4-14,16H,15H2,1-3H3,(H,32,38)(H,33,34)(H,35,37). The maximum atomic E-state index is 13.6. The number of rotatable bonds is 7. The first-order valence-electron chi connectivity index (χ1n) is 11.7. The molecular formula is C28H26F3N5O2. The summed E-state index contributed by atoms with van der Waals surface area (Å²) in [7, 11) is 1.52. The van der Waals surface area contributed by atoms with Crippen LogP contribution in [0.1, 0.15) is 43.1 Å². The maximum absolute atomic E-state index is 13.6. The molecule has 2 aromatic heterocycles. The van der Waals surface area contributed by atoms with Gasteiger partial charge < -0.3 is 20.5 Å². The van der Waals surface area contributed by atoms with Crippen molar-refractivity contribution in [2.45, 2.75) is 26.6 Å². The Labute approximate surface area is 217 Å². The summed E-state index contributed by atoms with van der Waals surface area (Å²) in [6.45, 7) is 4.08. The number of nitrogens with zero attached hydrogens (tertiary/aromatic N) is 2. The van der Waals surface area contributed by atoms with Crippen LogP contribution < -0.4 is 16.0 Å². The summed E-state index contributed by atoms with van der Waals surface area (Å²) in [5.41, 5.74) is 3.30. The molecule has 2 amide bonds. The summed E-state index contributed by atoms with van der Waals surface area (Å²) in [5.74, 6) is -0.848. The second-order valence-electron chi connectivity index (χ2n) is 8.82. The Hall–Kier alpha value is -4.60. The molecule has 38 heavy (non-hydrogen) atoms. The molecule has 0 aliphatic rings. The minimum Gasteiger partial charge on any atom is -0.381 e. The molecule has 2 aromatic carbocycles. The number of carbonyl (C=O) groups excluding carboxylic acids is 2. The van der Waals surface area contributed by atoms with E-state index < -0.39 is 17.6 Å². The number of aromatic nitrogens is 2. The number of amides is 2. The highest BCUT2D eigenvalue weighted by molar-refractivity contribution is 6.04. The van der Waals surface area contributed by atoms with E-state index in [4.69, 9.17) is 0 Å². The van der Waals surface area contributed by atoms with E-state index in [0.29, 0.717) is 17.8 Å². The number of hydrogen-bond donors (Lipinski definition) is 3. The van der Waals surface area contributed by atoms with E-state index in [9.17, 15) is 22.8 Å². The number of halogens is 3. The fraction of sp³-hybridized carbons (Fsp3) is 0.179. The summed E-state index contributed by atoms with van der Waals surface area (Å²) < 4.78 is 42.3. The molecule has 0 saturated carbocycles. The van der Waals surface area contributed by atoms with Crippen LogP contribution in [-0.4, -0.2) is 28.4 Å².